The Balaban J connectivity index is 1.97. The Morgan fingerprint density at radius 2 is 1.96 bits per heavy atom. The minimum absolute atomic E-state index is 0.0174. The second-order valence-corrected chi connectivity index (χ2v) is 7.67. The molecule has 1 amide bonds. The van der Waals surface area contributed by atoms with Crippen LogP contribution in [0.1, 0.15) is 12.8 Å². The van der Waals surface area contributed by atoms with Crippen LogP contribution in [0, 0.1) is 0 Å². The number of aromatic nitrogens is 2. The summed E-state index contributed by atoms with van der Waals surface area (Å²) in [5.74, 6) is 0.234. The number of sulfonamides is 1. The number of nitrogen functional groups attached to an aromatic ring is 1. The molecule has 0 atom stereocenters. The summed E-state index contributed by atoms with van der Waals surface area (Å²) >= 11 is 0. The maximum absolute atomic E-state index is 12.8. The fourth-order valence-electron chi connectivity index (χ4n) is 2.72. The Morgan fingerprint density at radius 3 is 2.65 bits per heavy atom. The molecule has 3 rings (SSSR count). The Bertz CT molecular complexity index is 926. The first kappa shape index (κ1) is 18.1. The summed E-state index contributed by atoms with van der Waals surface area (Å²) in [6.45, 7) is 0.961. The SMILES string of the molecule is COC(=O)Nc1cc(-c2cnc(N)c(S(=O)(=O)N3CCCC3)c2)ccn1. The first-order valence-corrected chi connectivity index (χ1v) is 9.43. The van der Waals surface area contributed by atoms with Gasteiger partial charge in [-0.25, -0.2) is 23.2 Å². The van der Waals surface area contributed by atoms with Crippen LogP contribution < -0.4 is 11.1 Å². The van der Waals surface area contributed by atoms with Gasteiger partial charge in [0.15, 0.2) is 0 Å². The molecule has 138 valence electrons. The predicted molar refractivity (Wildman–Crippen MR) is 95.9 cm³/mol. The van der Waals surface area contributed by atoms with E-state index >= 15 is 0 Å². The second kappa shape index (κ2) is 7.26. The molecule has 26 heavy (non-hydrogen) atoms. The van der Waals surface area contributed by atoms with Crippen molar-refractivity contribution < 1.29 is 17.9 Å². The van der Waals surface area contributed by atoms with Gasteiger partial charge in [0.2, 0.25) is 10.0 Å². The lowest BCUT2D eigenvalue weighted by atomic mass is 10.1. The summed E-state index contributed by atoms with van der Waals surface area (Å²) in [5.41, 5.74) is 7.02. The molecular formula is C16H19N5O4S. The zero-order valence-corrected chi connectivity index (χ0v) is 15.0. The van der Waals surface area contributed by atoms with Gasteiger partial charge in [0, 0.05) is 31.0 Å². The van der Waals surface area contributed by atoms with Crippen LogP contribution in [0.3, 0.4) is 0 Å². The number of hydrogen-bond acceptors (Lipinski definition) is 7. The first-order chi connectivity index (χ1) is 12.4. The van der Waals surface area contributed by atoms with E-state index in [2.05, 4.69) is 20.0 Å². The van der Waals surface area contributed by atoms with Crippen LogP contribution in [0.4, 0.5) is 16.4 Å². The number of amides is 1. The van der Waals surface area contributed by atoms with Gasteiger partial charge in [0.25, 0.3) is 0 Å². The Morgan fingerprint density at radius 1 is 1.23 bits per heavy atom. The van der Waals surface area contributed by atoms with Gasteiger partial charge < -0.3 is 10.5 Å². The van der Waals surface area contributed by atoms with Crippen molar-refractivity contribution in [2.45, 2.75) is 17.7 Å². The van der Waals surface area contributed by atoms with Gasteiger partial charge in [-0.05, 0) is 36.6 Å². The van der Waals surface area contributed by atoms with Crippen molar-refractivity contribution in [1.29, 1.82) is 0 Å². The standard InChI is InChI=1S/C16H19N5O4S/c1-25-16(22)20-14-9-11(4-5-18-14)12-8-13(15(17)19-10-12)26(23,24)21-6-2-3-7-21/h4-5,8-10H,2-3,6-7H2,1H3,(H2,17,19)(H,18,20,22). The van der Waals surface area contributed by atoms with Crippen LogP contribution >= 0.6 is 0 Å². The molecule has 10 heteroatoms. The van der Waals surface area contributed by atoms with Gasteiger partial charge in [-0.2, -0.15) is 4.31 Å². The maximum Gasteiger partial charge on any atom is 0.412 e. The number of carbonyl (C=O) groups is 1. The number of hydrogen-bond donors (Lipinski definition) is 2. The Labute approximate surface area is 151 Å². The Hall–Kier alpha value is -2.72. The van der Waals surface area contributed by atoms with Gasteiger partial charge in [-0.15, -0.1) is 0 Å². The lowest BCUT2D eigenvalue weighted by molar-refractivity contribution is 0.187. The molecule has 0 aromatic carbocycles. The Kier molecular flexibility index (Phi) is 5.05. The van der Waals surface area contributed by atoms with Crippen molar-refractivity contribution in [2.75, 3.05) is 31.2 Å². The van der Waals surface area contributed by atoms with E-state index in [1.54, 1.807) is 12.1 Å². The first-order valence-electron chi connectivity index (χ1n) is 7.99. The molecule has 1 aliphatic rings. The minimum Gasteiger partial charge on any atom is -0.453 e. The number of ether oxygens (including phenoxy) is 1. The van der Waals surface area contributed by atoms with E-state index in [0.29, 0.717) is 24.2 Å². The van der Waals surface area contributed by atoms with E-state index in [1.807, 2.05) is 0 Å². The summed E-state index contributed by atoms with van der Waals surface area (Å²) in [5, 5.41) is 2.46. The number of rotatable bonds is 4. The predicted octanol–water partition coefficient (Wildman–Crippen LogP) is 1.69. The van der Waals surface area contributed by atoms with E-state index in [4.69, 9.17) is 5.73 Å². The van der Waals surface area contributed by atoms with Gasteiger partial charge in [-0.1, -0.05) is 0 Å². The van der Waals surface area contributed by atoms with E-state index in [9.17, 15) is 13.2 Å². The van der Waals surface area contributed by atoms with E-state index in [0.717, 1.165) is 12.8 Å². The highest BCUT2D eigenvalue weighted by molar-refractivity contribution is 7.89. The molecule has 2 aromatic heterocycles. The van der Waals surface area contributed by atoms with Crippen molar-refractivity contribution in [3.05, 3.63) is 30.6 Å². The molecule has 3 heterocycles. The molecular weight excluding hydrogens is 358 g/mol. The maximum atomic E-state index is 12.8. The number of anilines is 2. The lowest BCUT2D eigenvalue weighted by Crippen LogP contribution is -2.28. The molecule has 9 nitrogen and oxygen atoms in total. The quantitative estimate of drug-likeness (QED) is 0.830. The van der Waals surface area contributed by atoms with Crippen molar-refractivity contribution in [3.63, 3.8) is 0 Å². The molecule has 1 fully saturated rings. The zero-order valence-electron chi connectivity index (χ0n) is 14.2. The molecule has 1 saturated heterocycles. The van der Waals surface area contributed by atoms with Crippen LogP contribution in [0.5, 0.6) is 0 Å². The van der Waals surface area contributed by atoms with Gasteiger partial charge in [-0.3, -0.25) is 5.32 Å². The molecule has 0 spiro atoms. The fourth-order valence-corrected chi connectivity index (χ4v) is 4.33. The van der Waals surface area contributed by atoms with Crippen LogP contribution in [0.15, 0.2) is 35.5 Å². The summed E-state index contributed by atoms with van der Waals surface area (Å²) in [7, 11) is -2.44. The molecule has 0 radical (unpaired) electrons. The molecule has 1 aliphatic heterocycles. The van der Waals surface area contributed by atoms with Gasteiger partial charge >= 0.3 is 6.09 Å². The largest absolute Gasteiger partial charge is 0.453 e. The minimum atomic E-state index is -3.69. The van der Waals surface area contributed by atoms with E-state index in [-0.39, 0.29) is 16.5 Å². The lowest BCUT2D eigenvalue weighted by Gasteiger charge is -2.17. The zero-order chi connectivity index (χ0) is 18.7. The van der Waals surface area contributed by atoms with E-state index < -0.39 is 16.1 Å². The number of methoxy groups -OCH3 is 1. The third-order valence-corrected chi connectivity index (χ3v) is 6.00. The third kappa shape index (κ3) is 3.60. The fraction of sp³-hybridized carbons (Fsp3) is 0.312. The van der Waals surface area contributed by atoms with Gasteiger partial charge in [0.05, 0.1) is 7.11 Å². The second-order valence-electron chi connectivity index (χ2n) is 5.76. The van der Waals surface area contributed by atoms with Gasteiger partial charge in [0.1, 0.15) is 16.5 Å². The number of pyridine rings is 2. The highest BCUT2D eigenvalue weighted by atomic mass is 32.2. The molecule has 0 bridgehead atoms. The molecule has 0 saturated carbocycles. The molecule has 0 unspecified atom stereocenters. The number of nitrogens with zero attached hydrogens (tertiary/aromatic N) is 3. The summed E-state index contributed by atoms with van der Waals surface area (Å²) in [4.78, 5) is 19.4. The van der Waals surface area contributed by atoms with Crippen molar-refractivity contribution >= 4 is 27.8 Å². The summed E-state index contributed by atoms with van der Waals surface area (Å²) in [6.07, 6.45) is 3.99. The van der Waals surface area contributed by atoms with E-state index in [1.165, 1.54) is 29.9 Å². The molecule has 0 aliphatic carbocycles. The molecule has 2 aromatic rings. The number of nitrogens with one attached hydrogen (secondary N) is 1. The third-order valence-electron chi connectivity index (χ3n) is 4.07. The molecule has 3 N–H and O–H groups in total. The highest BCUT2D eigenvalue weighted by Gasteiger charge is 2.29. The van der Waals surface area contributed by atoms with Crippen LogP contribution in [0.2, 0.25) is 0 Å². The smallest absolute Gasteiger partial charge is 0.412 e. The summed E-state index contributed by atoms with van der Waals surface area (Å²) < 4.78 is 31.6. The van der Waals surface area contributed by atoms with Crippen LogP contribution in [0.25, 0.3) is 11.1 Å². The highest BCUT2D eigenvalue weighted by Crippen LogP contribution is 2.29. The number of carbonyl (C=O) groups excluding carboxylic acids is 1. The van der Waals surface area contributed by atoms with Crippen molar-refractivity contribution in [3.8, 4) is 11.1 Å². The van der Waals surface area contributed by atoms with Crippen molar-refractivity contribution in [2.24, 2.45) is 0 Å². The average Bonchev–Trinajstić information content (AvgIpc) is 3.17. The van der Waals surface area contributed by atoms with Crippen LogP contribution in [-0.2, 0) is 14.8 Å². The summed E-state index contributed by atoms with van der Waals surface area (Å²) in [6, 6.07) is 4.77. The van der Waals surface area contributed by atoms with Crippen LogP contribution in [-0.4, -0.2) is 49.0 Å². The monoisotopic (exact) mass is 377 g/mol. The normalized spacial score (nSPS) is 15.0. The van der Waals surface area contributed by atoms with Crippen molar-refractivity contribution in [1.82, 2.24) is 14.3 Å². The topological polar surface area (TPSA) is 128 Å². The average molecular weight is 377 g/mol. The number of nitrogens with two attached hydrogens (primary N) is 1.